The van der Waals surface area contributed by atoms with Gasteiger partial charge in [-0.1, -0.05) is 60.7 Å². The third-order valence-corrected chi connectivity index (χ3v) is 4.15. The van der Waals surface area contributed by atoms with Gasteiger partial charge >= 0.3 is 0 Å². The largest absolute Gasteiger partial charge is 0.322 e. The fraction of sp³-hybridized carbons (Fsp3) is 0. The van der Waals surface area contributed by atoms with Gasteiger partial charge in [-0.2, -0.15) is 0 Å². The number of ketones is 1. The fourth-order valence-electron chi connectivity index (χ4n) is 2.68. The summed E-state index contributed by atoms with van der Waals surface area (Å²) >= 11 is 0. The van der Waals surface area contributed by atoms with E-state index in [0.29, 0.717) is 16.8 Å². The van der Waals surface area contributed by atoms with Crippen LogP contribution < -0.4 is 5.32 Å². The standard InChI is InChI=1S/C24H18N2O4/c27-23(14-12-19-8-4-11-22(16-19)26(29)30)20-9-5-10-21(17-20)25-24(28)15-13-18-6-2-1-3-7-18/h1-17H,(H,25,28)/b14-12+,15-13?. The Bertz CT molecular complexity index is 1130. The fourth-order valence-corrected chi connectivity index (χ4v) is 2.68. The van der Waals surface area contributed by atoms with E-state index in [2.05, 4.69) is 5.32 Å². The number of benzene rings is 3. The molecular formula is C24H18N2O4. The Morgan fingerprint density at radius 1 is 0.800 bits per heavy atom. The Labute approximate surface area is 173 Å². The lowest BCUT2D eigenvalue weighted by Gasteiger charge is -2.04. The van der Waals surface area contributed by atoms with Crippen molar-refractivity contribution in [1.82, 2.24) is 0 Å². The number of nitro groups is 1. The van der Waals surface area contributed by atoms with Gasteiger partial charge in [-0.05, 0) is 35.4 Å². The summed E-state index contributed by atoms with van der Waals surface area (Å²) in [6, 6.07) is 22.0. The molecule has 6 nitrogen and oxygen atoms in total. The summed E-state index contributed by atoms with van der Waals surface area (Å²) in [5.41, 5.74) is 2.29. The Kier molecular flexibility index (Phi) is 6.63. The zero-order valence-corrected chi connectivity index (χ0v) is 15.9. The van der Waals surface area contributed by atoms with Crippen LogP contribution in [0.2, 0.25) is 0 Å². The van der Waals surface area contributed by atoms with Crippen LogP contribution in [0.1, 0.15) is 21.5 Å². The maximum Gasteiger partial charge on any atom is 0.270 e. The van der Waals surface area contributed by atoms with Crippen LogP contribution in [0.3, 0.4) is 0 Å². The summed E-state index contributed by atoms with van der Waals surface area (Å²) in [7, 11) is 0. The lowest BCUT2D eigenvalue weighted by molar-refractivity contribution is -0.384. The molecule has 3 aromatic rings. The number of anilines is 1. The highest BCUT2D eigenvalue weighted by molar-refractivity contribution is 6.08. The average molecular weight is 398 g/mol. The van der Waals surface area contributed by atoms with E-state index in [9.17, 15) is 19.7 Å². The van der Waals surface area contributed by atoms with Gasteiger partial charge in [-0.3, -0.25) is 19.7 Å². The zero-order chi connectivity index (χ0) is 21.3. The van der Waals surface area contributed by atoms with Crippen LogP contribution in [0.15, 0.2) is 91.0 Å². The number of nitrogens with one attached hydrogen (secondary N) is 1. The Morgan fingerprint density at radius 2 is 1.50 bits per heavy atom. The van der Waals surface area contributed by atoms with Crippen molar-refractivity contribution in [3.63, 3.8) is 0 Å². The minimum Gasteiger partial charge on any atom is -0.322 e. The molecule has 0 unspecified atom stereocenters. The Morgan fingerprint density at radius 3 is 2.27 bits per heavy atom. The first-order valence-corrected chi connectivity index (χ1v) is 9.12. The molecule has 0 spiro atoms. The molecule has 0 saturated heterocycles. The smallest absolute Gasteiger partial charge is 0.270 e. The summed E-state index contributed by atoms with van der Waals surface area (Å²) in [6.45, 7) is 0. The topological polar surface area (TPSA) is 89.3 Å². The van der Waals surface area contributed by atoms with Crippen LogP contribution in [0, 0.1) is 10.1 Å². The molecule has 0 radical (unpaired) electrons. The van der Waals surface area contributed by atoms with Gasteiger partial charge in [0.15, 0.2) is 5.78 Å². The number of rotatable bonds is 7. The van der Waals surface area contributed by atoms with E-state index >= 15 is 0 Å². The van der Waals surface area contributed by atoms with Crippen molar-refractivity contribution in [3.8, 4) is 0 Å². The van der Waals surface area contributed by atoms with Gasteiger partial charge in [-0.25, -0.2) is 0 Å². The van der Waals surface area contributed by atoms with E-state index in [4.69, 9.17) is 0 Å². The van der Waals surface area contributed by atoms with Gasteiger partial charge in [0.25, 0.3) is 5.69 Å². The number of nitro benzene ring substituents is 1. The molecule has 0 atom stereocenters. The SMILES string of the molecule is O=C(C=Cc1ccccc1)Nc1cccc(C(=O)/C=C/c2cccc([N+](=O)[O-])c2)c1. The Balaban J connectivity index is 1.66. The van der Waals surface area contributed by atoms with Crippen LogP contribution in [-0.2, 0) is 4.79 Å². The lowest BCUT2D eigenvalue weighted by Crippen LogP contribution is -2.08. The third-order valence-electron chi connectivity index (χ3n) is 4.15. The van der Waals surface area contributed by atoms with E-state index in [-0.39, 0.29) is 17.4 Å². The summed E-state index contributed by atoms with van der Waals surface area (Å²) in [5, 5.41) is 13.6. The normalized spacial score (nSPS) is 10.9. The predicted octanol–water partition coefficient (Wildman–Crippen LogP) is 5.14. The van der Waals surface area contributed by atoms with E-state index in [1.807, 2.05) is 30.3 Å². The van der Waals surface area contributed by atoms with Crippen LogP contribution in [-0.4, -0.2) is 16.6 Å². The first-order chi connectivity index (χ1) is 14.5. The molecule has 0 heterocycles. The third kappa shape index (κ3) is 5.84. The molecule has 0 aliphatic rings. The first kappa shape index (κ1) is 20.4. The lowest BCUT2D eigenvalue weighted by atomic mass is 10.1. The molecule has 0 aliphatic heterocycles. The molecule has 0 fully saturated rings. The number of hydrogen-bond donors (Lipinski definition) is 1. The highest BCUT2D eigenvalue weighted by Gasteiger charge is 2.06. The van der Waals surface area contributed by atoms with Crippen molar-refractivity contribution in [3.05, 3.63) is 118 Å². The number of carbonyl (C=O) groups is 2. The van der Waals surface area contributed by atoms with Crippen LogP contribution >= 0.6 is 0 Å². The second kappa shape index (κ2) is 9.75. The van der Waals surface area contributed by atoms with Crippen molar-refractivity contribution >= 4 is 35.2 Å². The van der Waals surface area contributed by atoms with Gasteiger partial charge in [0.2, 0.25) is 5.91 Å². The monoisotopic (exact) mass is 398 g/mol. The summed E-state index contributed by atoms with van der Waals surface area (Å²) in [6.07, 6.45) is 5.98. The summed E-state index contributed by atoms with van der Waals surface area (Å²) < 4.78 is 0. The molecule has 1 N–H and O–H groups in total. The van der Waals surface area contributed by atoms with E-state index < -0.39 is 4.92 Å². The van der Waals surface area contributed by atoms with Gasteiger partial charge in [-0.15, -0.1) is 0 Å². The molecular weight excluding hydrogens is 380 g/mol. The molecule has 3 aromatic carbocycles. The van der Waals surface area contributed by atoms with Crippen molar-refractivity contribution < 1.29 is 14.5 Å². The van der Waals surface area contributed by atoms with Crippen LogP contribution in [0.5, 0.6) is 0 Å². The van der Waals surface area contributed by atoms with Gasteiger partial charge in [0.05, 0.1) is 4.92 Å². The first-order valence-electron chi connectivity index (χ1n) is 9.12. The predicted molar refractivity (Wildman–Crippen MR) is 117 cm³/mol. The molecule has 3 rings (SSSR count). The quantitative estimate of drug-likeness (QED) is 0.258. The number of hydrogen-bond acceptors (Lipinski definition) is 4. The van der Waals surface area contributed by atoms with Gasteiger partial charge in [0, 0.05) is 29.5 Å². The second-order valence-electron chi connectivity index (χ2n) is 6.36. The van der Waals surface area contributed by atoms with E-state index in [1.165, 1.54) is 30.4 Å². The zero-order valence-electron chi connectivity index (χ0n) is 15.9. The van der Waals surface area contributed by atoms with Gasteiger partial charge in [0.1, 0.15) is 0 Å². The molecule has 0 saturated carbocycles. The minimum absolute atomic E-state index is 0.0436. The average Bonchev–Trinajstić information content (AvgIpc) is 2.77. The van der Waals surface area contributed by atoms with Crippen molar-refractivity contribution in [2.75, 3.05) is 5.32 Å². The highest BCUT2D eigenvalue weighted by Crippen LogP contribution is 2.16. The minimum atomic E-state index is -0.489. The maximum atomic E-state index is 12.4. The molecule has 0 aromatic heterocycles. The second-order valence-corrected chi connectivity index (χ2v) is 6.36. The van der Waals surface area contributed by atoms with Crippen LogP contribution in [0.4, 0.5) is 11.4 Å². The van der Waals surface area contributed by atoms with E-state index in [0.717, 1.165) is 5.56 Å². The van der Waals surface area contributed by atoms with E-state index in [1.54, 1.807) is 42.5 Å². The summed E-state index contributed by atoms with van der Waals surface area (Å²) in [5.74, 6) is -0.590. The van der Waals surface area contributed by atoms with Crippen LogP contribution in [0.25, 0.3) is 12.2 Å². The number of carbonyl (C=O) groups excluding carboxylic acids is 2. The van der Waals surface area contributed by atoms with Crippen molar-refractivity contribution in [2.24, 2.45) is 0 Å². The molecule has 148 valence electrons. The molecule has 0 aliphatic carbocycles. The van der Waals surface area contributed by atoms with Crippen molar-refractivity contribution in [1.29, 1.82) is 0 Å². The molecule has 0 bridgehead atoms. The highest BCUT2D eigenvalue weighted by atomic mass is 16.6. The Hall–Kier alpha value is -4.32. The maximum absolute atomic E-state index is 12.4. The number of amides is 1. The summed E-state index contributed by atoms with van der Waals surface area (Å²) in [4.78, 5) is 34.9. The number of allylic oxidation sites excluding steroid dienone is 1. The molecule has 1 amide bonds. The number of nitrogens with zero attached hydrogens (tertiary/aromatic N) is 1. The molecule has 30 heavy (non-hydrogen) atoms. The molecule has 6 heteroatoms. The van der Waals surface area contributed by atoms with Crippen molar-refractivity contribution in [2.45, 2.75) is 0 Å². The number of non-ortho nitro benzene ring substituents is 1. The van der Waals surface area contributed by atoms with Gasteiger partial charge < -0.3 is 5.32 Å².